The third-order valence-electron chi connectivity index (χ3n) is 5.31. The molecule has 3 aromatic rings. The van der Waals surface area contributed by atoms with Crippen molar-refractivity contribution < 1.29 is 4.79 Å². The largest absolute Gasteiger partial charge is 0.326 e. The van der Waals surface area contributed by atoms with Crippen molar-refractivity contribution in [1.29, 1.82) is 0 Å². The van der Waals surface area contributed by atoms with E-state index in [1.54, 1.807) is 6.07 Å². The second-order valence-corrected chi connectivity index (χ2v) is 7.16. The molecule has 0 atom stereocenters. The van der Waals surface area contributed by atoms with Crippen LogP contribution in [0.5, 0.6) is 0 Å². The van der Waals surface area contributed by atoms with Crippen molar-refractivity contribution in [2.45, 2.75) is 45.6 Å². The van der Waals surface area contributed by atoms with Crippen molar-refractivity contribution in [1.82, 2.24) is 9.55 Å². The Morgan fingerprint density at radius 2 is 1.96 bits per heavy atom. The van der Waals surface area contributed by atoms with Crippen molar-refractivity contribution in [3.05, 3.63) is 69.8 Å². The molecule has 1 aromatic heterocycles. The molecule has 1 N–H and O–H groups in total. The summed E-state index contributed by atoms with van der Waals surface area (Å²) in [7, 11) is 0. The molecule has 1 heterocycles. The number of hydrogen-bond acceptors (Lipinski definition) is 3. The number of para-hydroxylation sites is 1. The van der Waals surface area contributed by atoms with Crippen LogP contribution in [0.1, 0.15) is 36.0 Å². The number of fused-ring (bicyclic) bond motifs is 2. The molecule has 1 aliphatic rings. The van der Waals surface area contributed by atoms with Gasteiger partial charge in [0.2, 0.25) is 5.91 Å². The molecule has 1 amide bonds. The quantitative estimate of drug-likeness (QED) is 0.772. The van der Waals surface area contributed by atoms with Gasteiger partial charge in [0.1, 0.15) is 0 Å². The van der Waals surface area contributed by atoms with Crippen LogP contribution in [-0.4, -0.2) is 15.5 Å². The van der Waals surface area contributed by atoms with Gasteiger partial charge < -0.3 is 5.32 Å². The van der Waals surface area contributed by atoms with Crippen LogP contribution in [0, 0.1) is 6.92 Å². The average Bonchev–Trinajstić information content (AvgIpc) is 2.68. The molecule has 4 rings (SSSR count). The Morgan fingerprint density at radius 3 is 2.85 bits per heavy atom. The highest BCUT2D eigenvalue weighted by Crippen LogP contribution is 2.27. The van der Waals surface area contributed by atoms with E-state index < -0.39 is 0 Å². The molecule has 0 spiro atoms. The van der Waals surface area contributed by atoms with Gasteiger partial charge in [-0.2, -0.15) is 0 Å². The SMILES string of the molecule is Cc1cccc2c(=O)n(CCC(=O)Nc3cccc4c3CCCC4)cnc12. The summed E-state index contributed by atoms with van der Waals surface area (Å²) in [6.07, 6.45) is 6.24. The third kappa shape index (κ3) is 3.50. The molecule has 0 saturated heterocycles. The molecule has 1 aliphatic carbocycles. The van der Waals surface area contributed by atoms with Gasteiger partial charge in [0.25, 0.3) is 5.56 Å². The van der Waals surface area contributed by atoms with E-state index in [9.17, 15) is 9.59 Å². The molecule has 5 nitrogen and oxygen atoms in total. The van der Waals surface area contributed by atoms with E-state index in [1.807, 2.05) is 31.2 Å². The number of rotatable bonds is 4. The third-order valence-corrected chi connectivity index (χ3v) is 5.31. The fraction of sp³-hybridized carbons (Fsp3) is 0.318. The van der Waals surface area contributed by atoms with Gasteiger partial charge in [0.15, 0.2) is 0 Å². The molecular formula is C22H23N3O2. The second kappa shape index (κ2) is 7.35. The van der Waals surface area contributed by atoms with E-state index in [-0.39, 0.29) is 17.9 Å². The minimum Gasteiger partial charge on any atom is -0.326 e. The highest BCUT2D eigenvalue weighted by Gasteiger charge is 2.14. The van der Waals surface area contributed by atoms with E-state index in [2.05, 4.69) is 16.4 Å². The maximum atomic E-state index is 12.6. The first-order valence-electron chi connectivity index (χ1n) is 9.49. The lowest BCUT2D eigenvalue weighted by atomic mass is 9.90. The Kier molecular flexibility index (Phi) is 4.75. The van der Waals surface area contributed by atoms with Crippen LogP contribution in [-0.2, 0) is 24.2 Å². The summed E-state index contributed by atoms with van der Waals surface area (Å²) in [4.78, 5) is 29.5. The van der Waals surface area contributed by atoms with Crippen LogP contribution >= 0.6 is 0 Å². The lowest BCUT2D eigenvalue weighted by Crippen LogP contribution is -2.24. The fourth-order valence-corrected chi connectivity index (χ4v) is 3.83. The van der Waals surface area contributed by atoms with Gasteiger partial charge in [-0.05, 0) is 61.4 Å². The fourth-order valence-electron chi connectivity index (χ4n) is 3.83. The smallest absolute Gasteiger partial charge is 0.261 e. The van der Waals surface area contributed by atoms with Crippen LogP contribution in [0.4, 0.5) is 5.69 Å². The standard InChI is InChI=1S/C22H23N3O2/c1-15-6-4-10-18-21(15)23-14-25(22(18)27)13-12-20(26)24-19-11-5-8-16-7-2-3-9-17(16)19/h4-6,8,10-11,14H,2-3,7,9,12-13H2,1H3,(H,24,26). The summed E-state index contributed by atoms with van der Waals surface area (Å²) in [6.45, 7) is 2.25. The second-order valence-electron chi connectivity index (χ2n) is 7.16. The summed E-state index contributed by atoms with van der Waals surface area (Å²) >= 11 is 0. The molecule has 27 heavy (non-hydrogen) atoms. The minimum absolute atomic E-state index is 0.0785. The number of carbonyl (C=O) groups is 1. The highest BCUT2D eigenvalue weighted by atomic mass is 16.2. The number of anilines is 1. The van der Waals surface area contributed by atoms with E-state index in [0.29, 0.717) is 11.9 Å². The number of aryl methyl sites for hydroxylation is 3. The van der Waals surface area contributed by atoms with Crippen LogP contribution in [0.15, 0.2) is 47.5 Å². The van der Waals surface area contributed by atoms with Crippen LogP contribution in [0.3, 0.4) is 0 Å². The summed E-state index contributed by atoms with van der Waals surface area (Å²) in [6, 6.07) is 11.7. The van der Waals surface area contributed by atoms with E-state index in [0.717, 1.165) is 36.0 Å². The van der Waals surface area contributed by atoms with E-state index in [1.165, 1.54) is 28.4 Å². The zero-order valence-corrected chi connectivity index (χ0v) is 15.5. The van der Waals surface area contributed by atoms with Gasteiger partial charge in [-0.3, -0.25) is 14.2 Å². The first-order chi connectivity index (χ1) is 13.1. The number of nitrogens with one attached hydrogen (secondary N) is 1. The first kappa shape index (κ1) is 17.5. The molecular weight excluding hydrogens is 338 g/mol. The molecule has 0 aliphatic heterocycles. The highest BCUT2D eigenvalue weighted by molar-refractivity contribution is 5.91. The van der Waals surface area contributed by atoms with Gasteiger partial charge in [-0.1, -0.05) is 24.3 Å². The Bertz CT molecular complexity index is 1070. The summed E-state index contributed by atoms with van der Waals surface area (Å²) in [5, 5.41) is 3.62. The van der Waals surface area contributed by atoms with Crippen molar-refractivity contribution in [3.63, 3.8) is 0 Å². The van der Waals surface area contributed by atoms with Gasteiger partial charge in [-0.25, -0.2) is 4.98 Å². The monoisotopic (exact) mass is 361 g/mol. The number of hydrogen-bond donors (Lipinski definition) is 1. The summed E-state index contributed by atoms with van der Waals surface area (Å²) < 4.78 is 1.52. The molecule has 0 radical (unpaired) electrons. The maximum absolute atomic E-state index is 12.6. The first-order valence-corrected chi connectivity index (χ1v) is 9.49. The van der Waals surface area contributed by atoms with Crippen molar-refractivity contribution in [3.8, 4) is 0 Å². The topological polar surface area (TPSA) is 64.0 Å². The van der Waals surface area contributed by atoms with Gasteiger partial charge in [0, 0.05) is 18.7 Å². The van der Waals surface area contributed by atoms with Crippen LogP contribution < -0.4 is 10.9 Å². The number of carbonyl (C=O) groups excluding carboxylic acids is 1. The average molecular weight is 361 g/mol. The van der Waals surface area contributed by atoms with Crippen molar-refractivity contribution >= 4 is 22.5 Å². The van der Waals surface area contributed by atoms with Crippen LogP contribution in [0.2, 0.25) is 0 Å². The Balaban J connectivity index is 1.48. The Hall–Kier alpha value is -2.95. The van der Waals surface area contributed by atoms with Gasteiger partial charge >= 0.3 is 0 Å². The summed E-state index contributed by atoms with van der Waals surface area (Å²) in [5.74, 6) is -0.0785. The Morgan fingerprint density at radius 1 is 1.15 bits per heavy atom. The van der Waals surface area contributed by atoms with Gasteiger partial charge in [0.05, 0.1) is 17.2 Å². The predicted octanol–water partition coefficient (Wildman–Crippen LogP) is 3.61. The predicted molar refractivity (Wildman–Crippen MR) is 107 cm³/mol. The molecule has 0 saturated carbocycles. The van der Waals surface area contributed by atoms with Crippen molar-refractivity contribution in [2.24, 2.45) is 0 Å². The van der Waals surface area contributed by atoms with Crippen LogP contribution in [0.25, 0.3) is 10.9 Å². The zero-order valence-electron chi connectivity index (χ0n) is 15.5. The summed E-state index contributed by atoms with van der Waals surface area (Å²) in [5.41, 5.74) is 5.11. The number of amides is 1. The normalized spacial score (nSPS) is 13.4. The number of aromatic nitrogens is 2. The van der Waals surface area contributed by atoms with Crippen molar-refractivity contribution in [2.75, 3.05) is 5.32 Å². The molecule has 0 bridgehead atoms. The molecule has 0 fully saturated rings. The lowest BCUT2D eigenvalue weighted by molar-refractivity contribution is -0.116. The molecule has 2 aromatic carbocycles. The minimum atomic E-state index is -0.103. The van der Waals surface area contributed by atoms with E-state index in [4.69, 9.17) is 0 Å². The maximum Gasteiger partial charge on any atom is 0.261 e. The lowest BCUT2D eigenvalue weighted by Gasteiger charge is -2.19. The van der Waals surface area contributed by atoms with Gasteiger partial charge in [-0.15, -0.1) is 0 Å². The number of benzene rings is 2. The molecule has 0 unspecified atom stereocenters. The Labute approximate surface area is 158 Å². The molecule has 138 valence electrons. The van der Waals surface area contributed by atoms with E-state index >= 15 is 0 Å². The number of nitrogens with zero attached hydrogens (tertiary/aromatic N) is 2. The molecule has 5 heteroatoms. The zero-order chi connectivity index (χ0) is 18.8.